The molecule has 33 heavy (non-hydrogen) atoms. The predicted molar refractivity (Wildman–Crippen MR) is 131 cm³/mol. The van der Waals surface area contributed by atoms with Crippen LogP contribution in [0.4, 0.5) is 0 Å². The van der Waals surface area contributed by atoms with E-state index in [0.29, 0.717) is 18.7 Å². The summed E-state index contributed by atoms with van der Waals surface area (Å²) >= 11 is 0. The third-order valence-electron chi connectivity index (χ3n) is 5.81. The molecule has 5 heteroatoms. The van der Waals surface area contributed by atoms with E-state index >= 15 is 0 Å². The molecule has 0 saturated heterocycles. The van der Waals surface area contributed by atoms with Gasteiger partial charge in [-0.05, 0) is 54.7 Å². The Morgan fingerprint density at radius 3 is 2.30 bits per heavy atom. The van der Waals surface area contributed by atoms with E-state index in [4.69, 9.17) is 4.74 Å². The van der Waals surface area contributed by atoms with Crippen LogP contribution in [0.3, 0.4) is 0 Å². The fourth-order valence-corrected chi connectivity index (χ4v) is 3.78. The van der Waals surface area contributed by atoms with Gasteiger partial charge in [0, 0.05) is 20.0 Å². The molecule has 3 aromatic carbocycles. The van der Waals surface area contributed by atoms with Crippen LogP contribution in [0, 0.1) is 20.8 Å². The molecule has 0 saturated carbocycles. The Balaban J connectivity index is 1.90. The van der Waals surface area contributed by atoms with Crippen LogP contribution in [-0.4, -0.2) is 36.4 Å². The summed E-state index contributed by atoms with van der Waals surface area (Å²) in [6.45, 7) is 6.13. The SMILES string of the molecule is CNC(=O)[C@H](Cc1ccccc1)N(Cc1ccccc1C)C(=O)COc1cc(C)ccc1C. The van der Waals surface area contributed by atoms with Gasteiger partial charge in [0.2, 0.25) is 5.91 Å². The van der Waals surface area contributed by atoms with Crippen molar-refractivity contribution in [3.8, 4) is 5.75 Å². The van der Waals surface area contributed by atoms with Crippen LogP contribution >= 0.6 is 0 Å². The largest absolute Gasteiger partial charge is 0.483 e. The van der Waals surface area contributed by atoms with E-state index in [-0.39, 0.29) is 18.4 Å². The van der Waals surface area contributed by atoms with Crippen molar-refractivity contribution in [2.75, 3.05) is 13.7 Å². The summed E-state index contributed by atoms with van der Waals surface area (Å²) in [7, 11) is 1.60. The number of carbonyl (C=O) groups excluding carboxylic acids is 2. The lowest BCUT2D eigenvalue weighted by molar-refractivity contribution is -0.142. The zero-order chi connectivity index (χ0) is 23.8. The number of aryl methyl sites for hydroxylation is 3. The van der Waals surface area contributed by atoms with Crippen LogP contribution < -0.4 is 10.1 Å². The van der Waals surface area contributed by atoms with Crippen molar-refractivity contribution >= 4 is 11.8 Å². The number of ether oxygens (including phenoxy) is 1. The maximum absolute atomic E-state index is 13.5. The molecule has 0 radical (unpaired) electrons. The summed E-state index contributed by atoms with van der Waals surface area (Å²) in [5, 5.41) is 2.74. The molecule has 2 amide bonds. The first-order valence-corrected chi connectivity index (χ1v) is 11.2. The van der Waals surface area contributed by atoms with Gasteiger partial charge in [0.1, 0.15) is 11.8 Å². The summed E-state index contributed by atoms with van der Waals surface area (Å²) in [5.74, 6) is 0.245. The fourth-order valence-electron chi connectivity index (χ4n) is 3.78. The van der Waals surface area contributed by atoms with Gasteiger partial charge in [0.05, 0.1) is 0 Å². The van der Waals surface area contributed by atoms with E-state index in [1.54, 1.807) is 11.9 Å². The molecule has 0 spiro atoms. The highest BCUT2D eigenvalue weighted by Gasteiger charge is 2.30. The Morgan fingerprint density at radius 1 is 0.909 bits per heavy atom. The van der Waals surface area contributed by atoms with Crippen LogP contribution in [0.1, 0.15) is 27.8 Å². The molecule has 5 nitrogen and oxygen atoms in total. The molecular weight excluding hydrogens is 412 g/mol. The van der Waals surface area contributed by atoms with Gasteiger partial charge in [-0.3, -0.25) is 9.59 Å². The molecular formula is C28H32N2O3. The van der Waals surface area contributed by atoms with E-state index in [0.717, 1.165) is 27.8 Å². The van der Waals surface area contributed by atoms with Crippen LogP contribution in [0.5, 0.6) is 5.75 Å². The predicted octanol–water partition coefficient (Wildman–Crippen LogP) is 4.38. The number of amides is 2. The highest BCUT2D eigenvalue weighted by molar-refractivity contribution is 5.88. The highest BCUT2D eigenvalue weighted by Crippen LogP contribution is 2.21. The summed E-state index contributed by atoms with van der Waals surface area (Å²) in [5.41, 5.74) is 5.09. The molecule has 1 atom stereocenters. The number of nitrogens with zero attached hydrogens (tertiary/aromatic N) is 1. The minimum atomic E-state index is -0.660. The zero-order valence-electron chi connectivity index (χ0n) is 19.8. The minimum absolute atomic E-state index is 0.140. The number of hydrogen-bond donors (Lipinski definition) is 1. The van der Waals surface area contributed by atoms with E-state index in [1.165, 1.54) is 0 Å². The number of rotatable bonds is 9. The molecule has 0 unspecified atom stereocenters. The lowest BCUT2D eigenvalue weighted by Crippen LogP contribution is -2.51. The highest BCUT2D eigenvalue weighted by atomic mass is 16.5. The molecule has 0 bridgehead atoms. The molecule has 0 aromatic heterocycles. The quantitative estimate of drug-likeness (QED) is 0.533. The topological polar surface area (TPSA) is 58.6 Å². The van der Waals surface area contributed by atoms with E-state index in [2.05, 4.69) is 5.32 Å². The molecule has 3 rings (SSSR count). The normalized spacial score (nSPS) is 11.5. The van der Waals surface area contributed by atoms with E-state index in [9.17, 15) is 9.59 Å². The Labute approximate surface area is 196 Å². The molecule has 0 aliphatic carbocycles. The Kier molecular flexibility index (Phi) is 8.25. The first kappa shape index (κ1) is 24.1. The van der Waals surface area contributed by atoms with Gasteiger partial charge in [-0.2, -0.15) is 0 Å². The Bertz CT molecular complexity index is 1100. The average Bonchev–Trinajstić information content (AvgIpc) is 2.83. The van der Waals surface area contributed by atoms with Crippen molar-refractivity contribution in [1.82, 2.24) is 10.2 Å². The van der Waals surface area contributed by atoms with Crippen LogP contribution in [0.2, 0.25) is 0 Å². The summed E-state index contributed by atoms with van der Waals surface area (Å²) in [6, 6.07) is 22.9. The number of nitrogens with one attached hydrogen (secondary N) is 1. The van der Waals surface area contributed by atoms with Crippen LogP contribution in [0.15, 0.2) is 72.8 Å². The van der Waals surface area contributed by atoms with Crippen LogP contribution in [0.25, 0.3) is 0 Å². The molecule has 0 aliphatic heterocycles. The molecule has 3 aromatic rings. The zero-order valence-corrected chi connectivity index (χ0v) is 19.8. The smallest absolute Gasteiger partial charge is 0.261 e. The maximum atomic E-state index is 13.5. The van der Waals surface area contributed by atoms with Crippen molar-refractivity contribution in [1.29, 1.82) is 0 Å². The Hall–Kier alpha value is -3.60. The summed E-state index contributed by atoms with van der Waals surface area (Å²) in [4.78, 5) is 28.1. The number of benzene rings is 3. The van der Waals surface area contributed by atoms with Gasteiger partial charge in [-0.15, -0.1) is 0 Å². The van der Waals surface area contributed by atoms with Gasteiger partial charge in [0.25, 0.3) is 5.91 Å². The van der Waals surface area contributed by atoms with Crippen molar-refractivity contribution < 1.29 is 14.3 Å². The van der Waals surface area contributed by atoms with Crippen molar-refractivity contribution in [2.45, 2.75) is 39.8 Å². The van der Waals surface area contributed by atoms with Crippen LogP contribution in [-0.2, 0) is 22.6 Å². The minimum Gasteiger partial charge on any atom is -0.483 e. The average molecular weight is 445 g/mol. The lowest BCUT2D eigenvalue weighted by atomic mass is 10.0. The molecule has 172 valence electrons. The van der Waals surface area contributed by atoms with Crippen molar-refractivity contribution in [3.05, 3.63) is 101 Å². The van der Waals surface area contributed by atoms with E-state index in [1.807, 2.05) is 93.6 Å². The molecule has 1 N–H and O–H groups in total. The molecule has 0 fully saturated rings. The van der Waals surface area contributed by atoms with Gasteiger partial charge >= 0.3 is 0 Å². The Morgan fingerprint density at radius 2 is 1.61 bits per heavy atom. The first-order valence-electron chi connectivity index (χ1n) is 11.2. The lowest BCUT2D eigenvalue weighted by Gasteiger charge is -2.31. The maximum Gasteiger partial charge on any atom is 0.261 e. The molecule has 0 aliphatic rings. The second-order valence-electron chi connectivity index (χ2n) is 8.33. The third kappa shape index (κ3) is 6.45. The molecule has 0 heterocycles. The second kappa shape index (κ2) is 11.3. The monoisotopic (exact) mass is 444 g/mol. The summed E-state index contributed by atoms with van der Waals surface area (Å²) in [6.07, 6.45) is 0.418. The number of carbonyl (C=O) groups is 2. The summed E-state index contributed by atoms with van der Waals surface area (Å²) < 4.78 is 5.92. The number of hydrogen-bond acceptors (Lipinski definition) is 3. The van der Waals surface area contributed by atoms with Gasteiger partial charge in [0.15, 0.2) is 6.61 Å². The van der Waals surface area contributed by atoms with E-state index < -0.39 is 6.04 Å². The first-order chi connectivity index (χ1) is 15.9. The fraction of sp³-hybridized carbons (Fsp3) is 0.286. The van der Waals surface area contributed by atoms with Crippen molar-refractivity contribution in [2.24, 2.45) is 0 Å². The van der Waals surface area contributed by atoms with Gasteiger partial charge < -0.3 is 15.0 Å². The van der Waals surface area contributed by atoms with Gasteiger partial charge in [-0.25, -0.2) is 0 Å². The second-order valence-corrected chi connectivity index (χ2v) is 8.33. The van der Waals surface area contributed by atoms with Gasteiger partial charge in [-0.1, -0.05) is 66.7 Å². The standard InChI is InChI=1S/C28H32N2O3/c1-20-14-15-22(3)26(16-20)33-19-27(31)30(18-24-13-9-8-10-21(24)2)25(28(32)29-4)17-23-11-6-5-7-12-23/h5-16,25H,17-19H2,1-4H3,(H,29,32)/t25-/m0/s1. The van der Waals surface area contributed by atoms with Crippen molar-refractivity contribution in [3.63, 3.8) is 0 Å². The number of likely N-dealkylation sites (N-methyl/N-ethyl adjacent to an activating group) is 1. The third-order valence-corrected chi connectivity index (χ3v) is 5.81.